The van der Waals surface area contributed by atoms with Crippen LogP contribution in [0.2, 0.25) is 0 Å². The zero-order chi connectivity index (χ0) is 23.5. The fraction of sp³-hybridized carbons (Fsp3) is 0.360. The lowest BCUT2D eigenvalue weighted by molar-refractivity contribution is 0.0730. The predicted molar refractivity (Wildman–Crippen MR) is 127 cm³/mol. The highest BCUT2D eigenvalue weighted by Crippen LogP contribution is 2.39. The summed E-state index contributed by atoms with van der Waals surface area (Å²) in [6.45, 7) is 2.67. The van der Waals surface area contributed by atoms with Gasteiger partial charge in [0.15, 0.2) is 0 Å². The minimum atomic E-state index is -0.173. The SMILES string of the molecule is COc1ccc(C(=O)N2CCCC2c2nc(N(C)C)ncc2-c2ccncc2C)c(OC)c1. The molecule has 1 fully saturated rings. The highest BCUT2D eigenvalue weighted by Gasteiger charge is 2.35. The van der Waals surface area contributed by atoms with Crippen LogP contribution in [0.3, 0.4) is 0 Å². The van der Waals surface area contributed by atoms with Gasteiger partial charge in [-0.25, -0.2) is 9.97 Å². The summed E-state index contributed by atoms with van der Waals surface area (Å²) in [4.78, 5) is 31.2. The molecule has 4 rings (SSSR count). The molecule has 8 heteroatoms. The van der Waals surface area contributed by atoms with E-state index >= 15 is 0 Å². The number of benzene rings is 1. The number of amides is 1. The summed E-state index contributed by atoms with van der Waals surface area (Å²) >= 11 is 0. The number of hydrogen-bond donors (Lipinski definition) is 0. The van der Waals surface area contributed by atoms with Gasteiger partial charge in [0, 0.05) is 50.9 Å². The summed E-state index contributed by atoms with van der Waals surface area (Å²) in [6.07, 6.45) is 7.18. The van der Waals surface area contributed by atoms with Crippen molar-refractivity contribution in [3.05, 3.63) is 59.7 Å². The molecular formula is C25H29N5O3. The number of aromatic nitrogens is 3. The van der Waals surface area contributed by atoms with E-state index in [1.54, 1.807) is 38.6 Å². The van der Waals surface area contributed by atoms with Crippen molar-refractivity contribution in [1.82, 2.24) is 19.9 Å². The van der Waals surface area contributed by atoms with Gasteiger partial charge in [0.25, 0.3) is 5.91 Å². The highest BCUT2D eigenvalue weighted by atomic mass is 16.5. The summed E-state index contributed by atoms with van der Waals surface area (Å²) in [5, 5.41) is 0. The Kier molecular flexibility index (Phi) is 6.44. The second kappa shape index (κ2) is 9.44. The third-order valence-corrected chi connectivity index (χ3v) is 5.98. The van der Waals surface area contributed by atoms with Crippen molar-refractivity contribution < 1.29 is 14.3 Å². The van der Waals surface area contributed by atoms with E-state index in [1.807, 2.05) is 49.3 Å². The van der Waals surface area contributed by atoms with Gasteiger partial charge in [0.1, 0.15) is 11.5 Å². The van der Waals surface area contributed by atoms with Crippen LogP contribution < -0.4 is 14.4 Å². The molecule has 2 aromatic heterocycles. The van der Waals surface area contributed by atoms with E-state index in [-0.39, 0.29) is 11.9 Å². The van der Waals surface area contributed by atoms with Gasteiger partial charge >= 0.3 is 0 Å². The Morgan fingerprint density at radius 2 is 1.94 bits per heavy atom. The van der Waals surface area contributed by atoms with E-state index in [0.29, 0.717) is 29.6 Å². The van der Waals surface area contributed by atoms with Crippen molar-refractivity contribution in [2.45, 2.75) is 25.8 Å². The maximum atomic E-state index is 13.7. The second-order valence-corrected chi connectivity index (χ2v) is 8.28. The maximum Gasteiger partial charge on any atom is 0.258 e. The molecule has 1 amide bonds. The first-order valence-electron chi connectivity index (χ1n) is 10.9. The van der Waals surface area contributed by atoms with Crippen LogP contribution in [-0.4, -0.2) is 60.6 Å². The van der Waals surface area contributed by atoms with Crippen LogP contribution in [0, 0.1) is 6.92 Å². The van der Waals surface area contributed by atoms with Crippen LogP contribution in [0.25, 0.3) is 11.1 Å². The maximum absolute atomic E-state index is 13.7. The Balaban J connectivity index is 1.79. The fourth-order valence-corrected chi connectivity index (χ4v) is 4.26. The fourth-order valence-electron chi connectivity index (χ4n) is 4.26. The number of rotatable bonds is 6. The number of anilines is 1. The molecule has 0 bridgehead atoms. The molecule has 1 aromatic carbocycles. The first-order chi connectivity index (χ1) is 15.9. The number of aryl methyl sites for hydroxylation is 1. The van der Waals surface area contributed by atoms with Crippen molar-refractivity contribution in [3.63, 3.8) is 0 Å². The smallest absolute Gasteiger partial charge is 0.258 e. The number of carbonyl (C=O) groups excluding carboxylic acids is 1. The zero-order valence-electron chi connectivity index (χ0n) is 19.7. The lowest BCUT2D eigenvalue weighted by atomic mass is 9.97. The van der Waals surface area contributed by atoms with Gasteiger partial charge in [-0.3, -0.25) is 9.78 Å². The monoisotopic (exact) mass is 447 g/mol. The minimum Gasteiger partial charge on any atom is -0.497 e. The van der Waals surface area contributed by atoms with Gasteiger partial charge in [-0.05, 0) is 49.1 Å². The Bertz CT molecular complexity index is 1160. The first kappa shape index (κ1) is 22.5. The Morgan fingerprint density at radius 3 is 2.64 bits per heavy atom. The highest BCUT2D eigenvalue weighted by molar-refractivity contribution is 5.97. The van der Waals surface area contributed by atoms with Crippen LogP contribution in [0.15, 0.2) is 42.9 Å². The third kappa shape index (κ3) is 4.33. The summed E-state index contributed by atoms with van der Waals surface area (Å²) < 4.78 is 10.8. The zero-order valence-corrected chi connectivity index (χ0v) is 19.7. The molecule has 33 heavy (non-hydrogen) atoms. The van der Waals surface area contributed by atoms with Gasteiger partial charge in [0.05, 0.1) is 31.5 Å². The van der Waals surface area contributed by atoms with Gasteiger partial charge < -0.3 is 19.3 Å². The van der Waals surface area contributed by atoms with Gasteiger partial charge in [-0.1, -0.05) is 0 Å². The number of methoxy groups -OCH3 is 2. The molecule has 3 heterocycles. The normalized spacial score (nSPS) is 15.4. The molecule has 1 unspecified atom stereocenters. The molecule has 172 valence electrons. The predicted octanol–water partition coefficient (Wildman–Crippen LogP) is 3.91. The van der Waals surface area contributed by atoms with E-state index in [4.69, 9.17) is 14.5 Å². The van der Waals surface area contributed by atoms with Gasteiger partial charge in [-0.15, -0.1) is 0 Å². The average Bonchev–Trinajstić information content (AvgIpc) is 3.33. The molecular weight excluding hydrogens is 418 g/mol. The first-order valence-corrected chi connectivity index (χ1v) is 10.9. The van der Waals surface area contributed by atoms with Gasteiger partial charge in [-0.2, -0.15) is 0 Å². The standard InChI is InChI=1S/C25H29N5O3/c1-16-14-26-11-10-18(16)20-15-27-25(29(2)3)28-23(20)21-7-6-12-30(21)24(31)19-9-8-17(32-4)13-22(19)33-5/h8-11,13-15,21H,6-7,12H2,1-5H3. The third-order valence-electron chi connectivity index (χ3n) is 5.98. The summed E-state index contributed by atoms with van der Waals surface area (Å²) in [6, 6.07) is 7.07. The van der Waals surface area contributed by atoms with Crippen LogP contribution in [-0.2, 0) is 0 Å². The largest absolute Gasteiger partial charge is 0.497 e. The molecule has 1 atom stereocenters. The van der Waals surface area contributed by atoms with Crippen molar-refractivity contribution >= 4 is 11.9 Å². The second-order valence-electron chi connectivity index (χ2n) is 8.28. The van der Waals surface area contributed by atoms with Crippen molar-refractivity contribution in [2.24, 2.45) is 0 Å². The number of likely N-dealkylation sites (tertiary alicyclic amines) is 1. The molecule has 3 aromatic rings. The van der Waals surface area contributed by atoms with E-state index < -0.39 is 0 Å². The molecule has 0 aliphatic carbocycles. The van der Waals surface area contributed by atoms with E-state index in [1.165, 1.54) is 0 Å². The van der Waals surface area contributed by atoms with Crippen LogP contribution in [0.1, 0.15) is 40.5 Å². The molecule has 0 spiro atoms. The van der Waals surface area contributed by atoms with Crippen LogP contribution >= 0.6 is 0 Å². The number of ether oxygens (including phenoxy) is 2. The molecule has 0 saturated carbocycles. The summed E-state index contributed by atoms with van der Waals surface area (Å²) in [5.41, 5.74) is 4.33. The van der Waals surface area contributed by atoms with Crippen LogP contribution in [0.4, 0.5) is 5.95 Å². The molecule has 0 radical (unpaired) electrons. The quantitative estimate of drug-likeness (QED) is 0.567. The Hall–Kier alpha value is -3.68. The van der Waals surface area contributed by atoms with Gasteiger partial charge in [0.2, 0.25) is 5.95 Å². The Labute approximate surface area is 194 Å². The molecule has 8 nitrogen and oxygen atoms in total. The van der Waals surface area contributed by atoms with E-state index in [2.05, 4.69) is 9.97 Å². The molecule has 1 aliphatic heterocycles. The van der Waals surface area contributed by atoms with Crippen molar-refractivity contribution in [2.75, 3.05) is 39.8 Å². The number of carbonyl (C=O) groups is 1. The number of nitrogens with zero attached hydrogens (tertiary/aromatic N) is 5. The topological polar surface area (TPSA) is 80.7 Å². The van der Waals surface area contributed by atoms with E-state index in [9.17, 15) is 4.79 Å². The van der Waals surface area contributed by atoms with Crippen molar-refractivity contribution in [3.8, 4) is 22.6 Å². The van der Waals surface area contributed by atoms with Crippen molar-refractivity contribution in [1.29, 1.82) is 0 Å². The Morgan fingerprint density at radius 1 is 1.12 bits per heavy atom. The number of pyridine rings is 1. The van der Waals surface area contributed by atoms with E-state index in [0.717, 1.165) is 35.2 Å². The minimum absolute atomic E-state index is 0.0839. The summed E-state index contributed by atoms with van der Waals surface area (Å²) in [7, 11) is 6.98. The summed E-state index contributed by atoms with van der Waals surface area (Å²) in [5.74, 6) is 1.66. The lowest BCUT2D eigenvalue weighted by Crippen LogP contribution is -2.32. The average molecular weight is 448 g/mol. The lowest BCUT2D eigenvalue weighted by Gasteiger charge is -2.27. The molecule has 1 aliphatic rings. The van der Waals surface area contributed by atoms with Crippen LogP contribution in [0.5, 0.6) is 11.5 Å². The molecule has 0 N–H and O–H groups in total. The number of hydrogen-bond acceptors (Lipinski definition) is 7. The molecule has 1 saturated heterocycles.